The van der Waals surface area contributed by atoms with E-state index in [4.69, 9.17) is 0 Å². The Morgan fingerprint density at radius 3 is 1.74 bits per heavy atom. The Bertz CT molecular complexity index is 507. The number of unbranched alkanes of at least 4 members (excludes halogenated alkanes) is 1. The standard InChI is InChI=1S/C26H53N3O2/c1-9-25(7,10-2)23(30)17-15-16-18-24(31)27-19-21-29(13-5,14-6)22-20-28-26(8,11-3)12-4/h28H,9-22H2,1-8H3/p+1. The summed E-state index contributed by atoms with van der Waals surface area (Å²) in [7, 11) is 0. The Balaban J connectivity index is 4.31. The van der Waals surface area contributed by atoms with Crippen LogP contribution in [0.4, 0.5) is 0 Å². The topological polar surface area (TPSA) is 58.2 Å². The number of quaternary nitrogens is 1. The number of nitrogens with zero attached hydrogens (tertiary/aromatic N) is 1. The van der Waals surface area contributed by atoms with Gasteiger partial charge in [-0.2, -0.15) is 0 Å². The maximum Gasteiger partial charge on any atom is 0.220 e. The molecule has 5 nitrogen and oxygen atoms in total. The molecule has 184 valence electrons. The van der Waals surface area contributed by atoms with Crippen molar-refractivity contribution in [3.05, 3.63) is 0 Å². The van der Waals surface area contributed by atoms with Crippen molar-refractivity contribution in [3.63, 3.8) is 0 Å². The molecule has 0 rings (SSSR count). The predicted molar refractivity (Wildman–Crippen MR) is 133 cm³/mol. The summed E-state index contributed by atoms with van der Waals surface area (Å²) in [4.78, 5) is 24.7. The third-order valence-electron chi connectivity index (χ3n) is 8.24. The van der Waals surface area contributed by atoms with Crippen molar-refractivity contribution in [1.82, 2.24) is 10.6 Å². The van der Waals surface area contributed by atoms with Crippen LogP contribution in [0.2, 0.25) is 0 Å². The van der Waals surface area contributed by atoms with Gasteiger partial charge in [0.25, 0.3) is 0 Å². The molecule has 0 aliphatic carbocycles. The first kappa shape index (κ1) is 30.1. The monoisotopic (exact) mass is 440 g/mol. The zero-order valence-corrected chi connectivity index (χ0v) is 22.2. The van der Waals surface area contributed by atoms with Gasteiger partial charge < -0.3 is 15.1 Å². The molecule has 0 radical (unpaired) electrons. The van der Waals surface area contributed by atoms with E-state index in [1.807, 2.05) is 0 Å². The normalized spacial score (nSPS) is 12.8. The number of nitrogens with one attached hydrogen (secondary N) is 2. The lowest BCUT2D eigenvalue weighted by atomic mass is 9.78. The minimum absolute atomic E-state index is 0.120. The highest BCUT2D eigenvalue weighted by Gasteiger charge is 2.28. The largest absolute Gasteiger partial charge is 0.350 e. The summed E-state index contributed by atoms with van der Waals surface area (Å²) < 4.78 is 1.03. The molecule has 0 aromatic rings. The average Bonchev–Trinajstić information content (AvgIpc) is 2.79. The predicted octanol–water partition coefficient (Wildman–Crippen LogP) is 5.08. The smallest absolute Gasteiger partial charge is 0.220 e. The minimum atomic E-state index is -0.190. The van der Waals surface area contributed by atoms with E-state index in [0.29, 0.717) is 18.6 Å². The van der Waals surface area contributed by atoms with Crippen molar-refractivity contribution in [3.8, 4) is 0 Å². The van der Waals surface area contributed by atoms with Gasteiger partial charge in [0.2, 0.25) is 5.91 Å². The summed E-state index contributed by atoms with van der Waals surface area (Å²) in [6.45, 7) is 23.5. The van der Waals surface area contributed by atoms with Crippen molar-refractivity contribution < 1.29 is 14.1 Å². The third-order valence-corrected chi connectivity index (χ3v) is 8.24. The maximum absolute atomic E-state index is 12.4. The van der Waals surface area contributed by atoms with Crippen LogP contribution in [0.1, 0.15) is 107 Å². The van der Waals surface area contributed by atoms with E-state index < -0.39 is 0 Å². The van der Waals surface area contributed by atoms with E-state index in [9.17, 15) is 9.59 Å². The van der Waals surface area contributed by atoms with Crippen molar-refractivity contribution in [2.24, 2.45) is 5.41 Å². The van der Waals surface area contributed by atoms with E-state index in [0.717, 1.165) is 82.3 Å². The van der Waals surface area contributed by atoms with Gasteiger partial charge in [-0.25, -0.2) is 0 Å². The Labute approximate surface area is 193 Å². The highest BCUT2D eigenvalue weighted by Crippen LogP contribution is 2.28. The molecule has 0 fully saturated rings. The number of amides is 1. The SMILES string of the molecule is CCC(C)(CC)NCC[N+](CC)(CC)CCNC(=O)CCCCC(=O)C(C)(CC)CC. The van der Waals surface area contributed by atoms with Crippen molar-refractivity contribution >= 4 is 11.7 Å². The number of carbonyl (C=O) groups is 2. The summed E-state index contributed by atoms with van der Waals surface area (Å²) in [5.41, 5.74) is 0.0306. The Morgan fingerprint density at radius 1 is 0.742 bits per heavy atom. The summed E-state index contributed by atoms with van der Waals surface area (Å²) >= 11 is 0. The van der Waals surface area contributed by atoms with Crippen LogP contribution in [-0.4, -0.2) is 61.0 Å². The van der Waals surface area contributed by atoms with Crippen molar-refractivity contribution in [2.45, 2.75) is 112 Å². The summed E-state index contributed by atoms with van der Waals surface area (Å²) in [5, 5.41) is 6.87. The fourth-order valence-corrected chi connectivity index (χ4v) is 4.10. The highest BCUT2D eigenvalue weighted by molar-refractivity contribution is 5.84. The van der Waals surface area contributed by atoms with Gasteiger partial charge in [-0.3, -0.25) is 9.59 Å². The Morgan fingerprint density at radius 2 is 1.26 bits per heavy atom. The molecule has 31 heavy (non-hydrogen) atoms. The first-order valence-corrected chi connectivity index (χ1v) is 13.0. The van der Waals surface area contributed by atoms with Crippen molar-refractivity contribution in [1.29, 1.82) is 0 Å². The number of rotatable bonds is 19. The van der Waals surface area contributed by atoms with Gasteiger partial charge in [-0.1, -0.05) is 34.6 Å². The van der Waals surface area contributed by atoms with E-state index in [1.54, 1.807) is 0 Å². The van der Waals surface area contributed by atoms with Crippen LogP contribution in [0.25, 0.3) is 0 Å². The molecule has 0 aromatic heterocycles. The Hall–Kier alpha value is -0.940. The molecule has 0 spiro atoms. The molecule has 0 saturated heterocycles. The van der Waals surface area contributed by atoms with Gasteiger partial charge in [0.15, 0.2) is 0 Å². The molecule has 0 heterocycles. The molecule has 0 aromatic carbocycles. The molecule has 2 N–H and O–H groups in total. The molecule has 0 bridgehead atoms. The lowest BCUT2D eigenvalue weighted by Gasteiger charge is -2.38. The molecule has 0 unspecified atom stereocenters. The number of likely N-dealkylation sites (N-methyl/N-ethyl adjacent to an activating group) is 1. The van der Waals surface area contributed by atoms with Gasteiger partial charge in [-0.05, 0) is 59.3 Å². The number of hydrogen-bond acceptors (Lipinski definition) is 3. The van der Waals surface area contributed by atoms with Crippen LogP contribution >= 0.6 is 0 Å². The van der Waals surface area contributed by atoms with Crippen LogP contribution in [0.3, 0.4) is 0 Å². The Kier molecular flexibility index (Phi) is 14.5. The molecule has 1 amide bonds. The summed E-state index contributed by atoms with van der Waals surface area (Å²) in [6.07, 6.45) is 6.78. The number of Topliss-reactive ketones (excluding diaryl/α,β-unsaturated/α-hetero) is 1. The fraction of sp³-hybridized carbons (Fsp3) is 0.923. The minimum Gasteiger partial charge on any atom is -0.350 e. The van der Waals surface area contributed by atoms with Gasteiger partial charge in [0.05, 0.1) is 32.7 Å². The average molecular weight is 441 g/mol. The third kappa shape index (κ3) is 10.5. The van der Waals surface area contributed by atoms with Gasteiger partial charge in [-0.15, -0.1) is 0 Å². The number of carbonyl (C=O) groups excluding carboxylic acids is 2. The van der Waals surface area contributed by atoms with Crippen LogP contribution < -0.4 is 10.6 Å². The number of hydrogen-bond donors (Lipinski definition) is 2. The van der Waals surface area contributed by atoms with Crippen LogP contribution in [0.5, 0.6) is 0 Å². The summed E-state index contributed by atoms with van der Waals surface area (Å²) in [5.74, 6) is 0.468. The molecular weight excluding hydrogens is 386 g/mol. The van der Waals surface area contributed by atoms with Crippen LogP contribution in [0, 0.1) is 5.41 Å². The zero-order valence-electron chi connectivity index (χ0n) is 22.2. The molecule has 0 aliphatic heterocycles. The van der Waals surface area contributed by atoms with Crippen LogP contribution in [0.15, 0.2) is 0 Å². The van der Waals surface area contributed by atoms with Gasteiger partial charge in [0, 0.05) is 30.3 Å². The van der Waals surface area contributed by atoms with Crippen molar-refractivity contribution in [2.75, 3.05) is 39.3 Å². The van der Waals surface area contributed by atoms with Gasteiger partial charge >= 0.3 is 0 Å². The first-order valence-electron chi connectivity index (χ1n) is 13.0. The fourth-order valence-electron chi connectivity index (χ4n) is 4.10. The van der Waals surface area contributed by atoms with Crippen LogP contribution in [-0.2, 0) is 9.59 Å². The number of ketones is 1. The lowest BCUT2D eigenvalue weighted by molar-refractivity contribution is -0.922. The second-order valence-electron chi connectivity index (χ2n) is 9.86. The zero-order chi connectivity index (χ0) is 24.0. The lowest BCUT2D eigenvalue weighted by Crippen LogP contribution is -2.56. The van der Waals surface area contributed by atoms with Gasteiger partial charge in [0.1, 0.15) is 5.78 Å². The second kappa shape index (κ2) is 15.0. The van der Waals surface area contributed by atoms with E-state index in [-0.39, 0.29) is 16.9 Å². The molecule has 5 heteroatoms. The molecular formula is C26H54N3O2+. The molecule has 0 aliphatic rings. The highest BCUT2D eigenvalue weighted by atomic mass is 16.1. The molecule has 0 saturated carbocycles. The quantitative estimate of drug-likeness (QED) is 0.217. The maximum atomic E-state index is 12.4. The van der Waals surface area contributed by atoms with E-state index in [2.05, 4.69) is 66.0 Å². The molecule has 0 atom stereocenters. The summed E-state index contributed by atoms with van der Waals surface area (Å²) in [6, 6.07) is 0. The first-order chi connectivity index (χ1) is 14.6. The van der Waals surface area contributed by atoms with E-state index >= 15 is 0 Å². The van der Waals surface area contributed by atoms with E-state index in [1.165, 1.54) is 0 Å². The second-order valence-corrected chi connectivity index (χ2v) is 9.86.